The third kappa shape index (κ3) is 4.78. The number of nitrogens with zero attached hydrogens (tertiary/aromatic N) is 4. The van der Waals surface area contributed by atoms with Crippen LogP contribution in [0.2, 0.25) is 0 Å². The molecule has 4 heteroatoms. The van der Waals surface area contributed by atoms with Crippen molar-refractivity contribution in [2.24, 2.45) is 0 Å². The van der Waals surface area contributed by atoms with Crippen LogP contribution in [0.25, 0.3) is 0 Å². The normalized spacial score (nSPS) is 18.8. The minimum Gasteiger partial charge on any atom is -0.308 e. The molecule has 96 valence electrons. The molecule has 0 amide bonds. The van der Waals surface area contributed by atoms with Gasteiger partial charge in [-0.15, -0.1) is 0 Å². The zero-order valence-corrected chi connectivity index (χ0v) is 11.6. The van der Waals surface area contributed by atoms with E-state index in [0.29, 0.717) is 0 Å². The Morgan fingerprint density at radius 3 is 2.00 bits per heavy atom. The fraction of sp³-hybridized carbons (Fsp3) is 1.00. The molecule has 0 atom stereocenters. The van der Waals surface area contributed by atoms with Crippen molar-refractivity contribution < 1.29 is 0 Å². The van der Waals surface area contributed by atoms with Crippen molar-refractivity contribution in [1.82, 2.24) is 19.6 Å². The van der Waals surface area contributed by atoms with E-state index in [1.807, 2.05) is 0 Å². The standard InChI is InChI=1S/C12H28N4/c1-13(2)6-7-14(3)8-9-16(5)12-10-15(4)11-12/h12H,6-11H2,1-5H3. The molecule has 16 heavy (non-hydrogen) atoms. The summed E-state index contributed by atoms with van der Waals surface area (Å²) in [6.07, 6.45) is 0. The first-order chi connectivity index (χ1) is 7.49. The SMILES string of the molecule is CN(C)CCN(C)CCN(C)C1CN(C)C1. The van der Waals surface area contributed by atoms with Crippen LogP contribution in [-0.2, 0) is 0 Å². The molecule has 1 aliphatic heterocycles. The average Bonchev–Trinajstić information content (AvgIpc) is 2.18. The highest BCUT2D eigenvalue weighted by atomic mass is 15.3. The van der Waals surface area contributed by atoms with E-state index in [2.05, 4.69) is 54.8 Å². The molecule has 0 N–H and O–H groups in total. The maximum atomic E-state index is 2.49. The number of likely N-dealkylation sites (N-methyl/N-ethyl adjacent to an activating group) is 4. The van der Waals surface area contributed by atoms with Gasteiger partial charge < -0.3 is 14.7 Å². The lowest BCUT2D eigenvalue weighted by molar-refractivity contribution is 0.0647. The zero-order valence-electron chi connectivity index (χ0n) is 11.6. The van der Waals surface area contributed by atoms with Crippen LogP contribution in [0.4, 0.5) is 0 Å². The summed E-state index contributed by atoms with van der Waals surface area (Å²) in [6, 6.07) is 0.784. The van der Waals surface area contributed by atoms with Gasteiger partial charge >= 0.3 is 0 Å². The number of rotatable bonds is 7. The second kappa shape index (κ2) is 6.55. The van der Waals surface area contributed by atoms with E-state index in [4.69, 9.17) is 0 Å². The maximum absolute atomic E-state index is 2.49. The first-order valence-corrected chi connectivity index (χ1v) is 6.21. The van der Waals surface area contributed by atoms with E-state index in [0.717, 1.165) is 19.1 Å². The first-order valence-electron chi connectivity index (χ1n) is 6.21. The van der Waals surface area contributed by atoms with Gasteiger partial charge in [0.15, 0.2) is 0 Å². The van der Waals surface area contributed by atoms with E-state index in [-0.39, 0.29) is 0 Å². The molecule has 4 nitrogen and oxygen atoms in total. The van der Waals surface area contributed by atoms with Crippen molar-refractivity contribution in [1.29, 1.82) is 0 Å². The van der Waals surface area contributed by atoms with E-state index < -0.39 is 0 Å². The highest BCUT2D eigenvalue weighted by molar-refractivity contribution is 4.84. The summed E-state index contributed by atoms with van der Waals surface area (Å²) >= 11 is 0. The van der Waals surface area contributed by atoms with Crippen LogP contribution < -0.4 is 0 Å². The molecule has 1 aliphatic rings. The Bertz CT molecular complexity index is 189. The van der Waals surface area contributed by atoms with Gasteiger partial charge in [0.05, 0.1) is 0 Å². The molecule has 0 spiro atoms. The largest absolute Gasteiger partial charge is 0.308 e. The van der Waals surface area contributed by atoms with E-state index in [1.54, 1.807) is 0 Å². The van der Waals surface area contributed by atoms with Crippen molar-refractivity contribution in [2.45, 2.75) is 6.04 Å². The Morgan fingerprint density at radius 2 is 1.50 bits per heavy atom. The highest BCUT2D eigenvalue weighted by Crippen LogP contribution is 2.10. The summed E-state index contributed by atoms with van der Waals surface area (Å²) in [5.41, 5.74) is 0. The second-order valence-electron chi connectivity index (χ2n) is 5.46. The quantitative estimate of drug-likeness (QED) is 0.594. The Kier molecular flexibility index (Phi) is 5.69. The molecule has 0 bridgehead atoms. The molecule has 1 saturated heterocycles. The van der Waals surface area contributed by atoms with Crippen molar-refractivity contribution in [3.8, 4) is 0 Å². The summed E-state index contributed by atoms with van der Waals surface area (Å²) in [5.74, 6) is 0. The molecule has 0 unspecified atom stereocenters. The average molecular weight is 228 g/mol. The molecule has 1 rings (SSSR count). The van der Waals surface area contributed by atoms with Gasteiger partial charge in [0.2, 0.25) is 0 Å². The molecule has 0 saturated carbocycles. The molecule has 0 aromatic rings. The van der Waals surface area contributed by atoms with Crippen LogP contribution >= 0.6 is 0 Å². The van der Waals surface area contributed by atoms with Gasteiger partial charge in [0, 0.05) is 45.3 Å². The maximum Gasteiger partial charge on any atom is 0.0347 e. The summed E-state index contributed by atoms with van der Waals surface area (Å²) in [7, 11) is 10.9. The Morgan fingerprint density at radius 1 is 0.938 bits per heavy atom. The molecule has 0 radical (unpaired) electrons. The molecule has 1 heterocycles. The van der Waals surface area contributed by atoms with E-state index in [1.165, 1.54) is 26.2 Å². The Labute approximate surface area is 101 Å². The number of hydrogen-bond donors (Lipinski definition) is 0. The molecule has 0 aliphatic carbocycles. The van der Waals surface area contributed by atoms with Gasteiger partial charge in [0.25, 0.3) is 0 Å². The Balaban J connectivity index is 2.04. The smallest absolute Gasteiger partial charge is 0.0347 e. The van der Waals surface area contributed by atoms with Gasteiger partial charge in [0.1, 0.15) is 0 Å². The summed E-state index contributed by atoms with van der Waals surface area (Å²) in [4.78, 5) is 9.52. The predicted octanol–water partition coefficient (Wildman–Crippen LogP) is -0.274. The van der Waals surface area contributed by atoms with Gasteiger partial charge in [-0.05, 0) is 35.2 Å². The van der Waals surface area contributed by atoms with Crippen LogP contribution in [0.5, 0.6) is 0 Å². The summed E-state index contributed by atoms with van der Waals surface area (Å²) in [5, 5.41) is 0. The monoisotopic (exact) mass is 228 g/mol. The second-order valence-corrected chi connectivity index (χ2v) is 5.46. The van der Waals surface area contributed by atoms with E-state index >= 15 is 0 Å². The first kappa shape index (κ1) is 13.9. The highest BCUT2D eigenvalue weighted by Gasteiger charge is 2.26. The van der Waals surface area contributed by atoms with Crippen LogP contribution in [0.3, 0.4) is 0 Å². The molecule has 0 aromatic heterocycles. The minimum atomic E-state index is 0.784. The fourth-order valence-electron chi connectivity index (χ4n) is 1.94. The van der Waals surface area contributed by atoms with Crippen LogP contribution in [0.1, 0.15) is 0 Å². The summed E-state index contributed by atoms with van der Waals surface area (Å²) < 4.78 is 0. The molecular weight excluding hydrogens is 200 g/mol. The van der Waals surface area contributed by atoms with Crippen molar-refractivity contribution >= 4 is 0 Å². The third-order valence-electron chi connectivity index (χ3n) is 3.43. The predicted molar refractivity (Wildman–Crippen MR) is 70.0 cm³/mol. The molecular formula is C12H28N4. The number of likely N-dealkylation sites (tertiary alicyclic amines) is 1. The lowest BCUT2D eigenvalue weighted by Crippen LogP contribution is -2.57. The number of hydrogen-bond acceptors (Lipinski definition) is 4. The minimum absolute atomic E-state index is 0.784. The fourth-order valence-corrected chi connectivity index (χ4v) is 1.94. The third-order valence-corrected chi connectivity index (χ3v) is 3.43. The van der Waals surface area contributed by atoms with Crippen LogP contribution in [0.15, 0.2) is 0 Å². The van der Waals surface area contributed by atoms with Crippen molar-refractivity contribution in [3.05, 3.63) is 0 Å². The lowest BCUT2D eigenvalue weighted by atomic mass is 10.1. The van der Waals surface area contributed by atoms with Crippen LogP contribution in [-0.4, -0.2) is 100 Å². The van der Waals surface area contributed by atoms with E-state index in [9.17, 15) is 0 Å². The van der Waals surface area contributed by atoms with Crippen LogP contribution in [0, 0.1) is 0 Å². The molecule has 0 aromatic carbocycles. The zero-order chi connectivity index (χ0) is 12.1. The van der Waals surface area contributed by atoms with Gasteiger partial charge in [-0.25, -0.2) is 0 Å². The van der Waals surface area contributed by atoms with Crippen molar-refractivity contribution in [3.63, 3.8) is 0 Å². The lowest BCUT2D eigenvalue weighted by Gasteiger charge is -2.42. The van der Waals surface area contributed by atoms with Crippen molar-refractivity contribution in [2.75, 3.05) is 74.5 Å². The summed E-state index contributed by atoms with van der Waals surface area (Å²) in [6.45, 7) is 7.13. The Hall–Kier alpha value is -0.160. The topological polar surface area (TPSA) is 13.0 Å². The van der Waals surface area contributed by atoms with Gasteiger partial charge in [-0.1, -0.05) is 0 Å². The van der Waals surface area contributed by atoms with Gasteiger partial charge in [-0.3, -0.25) is 4.90 Å². The molecule has 1 fully saturated rings. The van der Waals surface area contributed by atoms with Gasteiger partial charge in [-0.2, -0.15) is 0 Å².